The van der Waals surface area contributed by atoms with Crippen LogP contribution in [0, 0.1) is 6.92 Å². The number of hydrogen-bond acceptors (Lipinski definition) is 7. The molecule has 0 bridgehead atoms. The molecule has 200 valence electrons. The van der Waals surface area contributed by atoms with E-state index in [4.69, 9.17) is 18.9 Å². The Morgan fingerprint density at radius 2 is 2.03 bits per heavy atom. The lowest BCUT2D eigenvalue weighted by Crippen LogP contribution is -2.48. The average Bonchev–Trinajstić information content (AvgIpc) is 3.27. The number of methoxy groups -OCH3 is 1. The summed E-state index contributed by atoms with van der Waals surface area (Å²) in [5.74, 6) is 3.28. The molecule has 8 nitrogen and oxygen atoms in total. The Bertz CT molecular complexity index is 1130. The zero-order chi connectivity index (χ0) is 26.1. The number of ether oxygens (including phenoxy) is 4. The molecule has 3 aromatic rings. The molecule has 1 aliphatic rings. The highest BCUT2D eigenvalue weighted by molar-refractivity contribution is 5.43. The van der Waals surface area contributed by atoms with E-state index in [0.29, 0.717) is 32.1 Å². The van der Waals surface area contributed by atoms with Gasteiger partial charge in [-0.25, -0.2) is 4.98 Å². The van der Waals surface area contributed by atoms with Crippen LogP contribution in [0.1, 0.15) is 30.3 Å². The van der Waals surface area contributed by atoms with Crippen LogP contribution in [0.15, 0.2) is 54.9 Å². The highest BCUT2D eigenvalue weighted by Gasteiger charge is 2.33. The van der Waals surface area contributed by atoms with Gasteiger partial charge in [-0.15, -0.1) is 0 Å². The van der Waals surface area contributed by atoms with Crippen LogP contribution >= 0.6 is 0 Å². The second-order valence-electron chi connectivity index (χ2n) is 9.67. The molecule has 1 fully saturated rings. The van der Waals surface area contributed by atoms with Crippen molar-refractivity contribution in [3.8, 4) is 17.2 Å². The van der Waals surface area contributed by atoms with E-state index in [-0.39, 0.29) is 13.2 Å². The number of β-amino-alcohol motifs (C(OH)–C–C–N with tert-alkyl or cyclic N) is 1. The van der Waals surface area contributed by atoms with Gasteiger partial charge >= 0.3 is 0 Å². The quantitative estimate of drug-likeness (QED) is 0.371. The minimum absolute atomic E-state index is 0.167. The van der Waals surface area contributed by atoms with Gasteiger partial charge in [0.25, 0.3) is 0 Å². The molecule has 0 spiro atoms. The molecular formula is C29H39N3O5. The SMILES string of the molecule is CCc1nccn1CCCOc1cc(CN2CCOC[C@@](O)(COc3cccc(C)c3)C2)ccc1OC. The van der Waals surface area contributed by atoms with Crippen LogP contribution in [0.2, 0.25) is 0 Å². The summed E-state index contributed by atoms with van der Waals surface area (Å²) in [6, 6.07) is 13.9. The van der Waals surface area contributed by atoms with Crippen LogP contribution in [-0.2, 0) is 24.2 Å². The molecule has 0 radical (unpaired) electrons. The minimum atomic E-state index is -1.10. The Kier molecular flexibility index (Phi) is 9.44. The first-order valence-electron chi connectivity index (χ1n) is 13.0. The summed E-state index contributed by atoms with van der Waals surface area (Å²) in [6.45, 7) is 8.37. The van der Waals surface area contributed by atoms with E-state index >= 15 is 0 Å². The highest BCUT2D eigenvalue weighted by atomic mass is 16.5. The number of hydrogen-bond donors (Lipinski definition) is 1. The number of rotatable bonds is 12. The predicted octanol–water partition coefficient (Wildman–Crippen LogP) is 3.87. The Morgan fingerprint density at radius 3 is 2.84 bits per heavy atom. The zero-order valence-electron chi connectivity index (χ0n) is 22.2. The number of aliphatic hydroxyl groups is 1. The molecule has 0 saturated carbocycles. The highest BCUT2D eigenvalue weighted by Crippen LogP contribution is 2.29. The molecule has 0 amide bonds. The molecule has 0 aliphatic carbocycles. The van der Waals surface area contributed by atoms with Gasteiger partial charge in [-0.1, -0.05) is 25.1 Å². The predicted molar refractivity (Wildman–Crippen MR) is 142 cm³/mol. The maximum Gasteiger partial charge on any atom is 0.161 e. The van der Waals surface area contributed by atoms with E-state index in [0.717, 1.165) is 54.4 Å². The van der Waals surface area contributed by atoms with Crippen LogP contribution < -0.4 is 14.2 Å². The monoisotopic (exact) mass is 509 g/mol. The van der Waals surface area contributed by atoms with Crippen molar-refractivity contribution >= 4 is 0 Å². The fraction of sp³-hybridized carbons (Fsp3) is 0.483. The molecular weight excluding hydrogens is 470 g/mol. The molecule has 1 N–H and O–H groups in total. The lowest BCUT2D eigenvalue weighted by atomic mass is 10.1. The maximum atomic E-state index is 11.3. The fourth-order valence-corrected chi connectivity index (χ4v) is 4.61. The van der Waals surface area contributed by atoms with Gasteiger partial charge in [-0.3, -0.25) is 4.90 Å². The molecule has 1 aliphatic heterocycles. The minimum Gasteiger partial charge on any atom is -0.493 e. The van der Waals surface area contributed by atoms with Crippen molar-refractivity contribution in [1.82, 2.24) is 14.5 Å². The van der Waals surface area contributed by atoms with Crippen LogP contribution in [0.3, 0.4) is 0 Å². The van der Waals surface area contributed by atoms with E-state index in [1.807, 2.05) is 61.8 Å². The molecule has 37 heavy (non-hydrogen) atoms. The van der Waals surface area contributed by atoms with Gasteiger partial charge in [0.1, 0.15) is 23.8 Å². The normalized spacial score (nSPS) is 18.4. The van der Waals surface area contributed by atoms with Gasteiger partial charge in [0.15, 0.2) is 11.5 Å². The second-order valence-corrected chi connectivity index (χ2v) is 9.67. The van der Waals surface area contributed by atoms with Crippen molar-refractivity contribution in [2.45, 2.75) is 45.4 Å². The van der Waals surface area contributed by atoms with Gasteiger partial charge < -0.3 is 28.6 Å². The number of aromatic nitrogens is 2. The summed E-state index contributed by atoms with van der Waals surface area (Å²) in [6.07, 6.45) is 5.64. The van der Waals surface area contributed by atoms with Gasteiger partial charge in [0.2, 0.25) is 0 Å². The third kappa shape index (κ3) is 7.71. The summed E-state index contributed by atoms with van der Waals surface area (Å²) in [4.78, 5) is 6.57. The molecule has 4 rings (SSSR count). The third-order valence-electron chi connectivity index (χ3n) is 6.49. The van der Waals surface area contributed by atoms with Gasteiger partial charge in [0, 0.05) is 45.0 Å². The van der Waals surface area contributed by atoms with Crippen molar-refractivity contribution in [2.24, 2.45) is 0 Å². The molecule has 1 aromatic heterocycles. The summed E-state index contributed by atoms with van der Waals surface area (Å²) in [5.41, 5.74) is 1.10. The molecule has 2 aromatic carbocycles. The number of aryl methyl sites for hydroxylation is 3. The van der Waals surface area contributed by atoms with Crippen LogP contribution in [0.4, 0.5) is 0 Å². The average molecular weight is 510 g/mol. The molecule has 2 heterocycles. The van der Waals surface area contributed by atoms with E-state index in [1.165, 1.54) is 0 Å². The van der Waals surface area contributed by atoms with Crippen molar-refractivity contribution in [2.75, 3.05) is 46.6 Å². The van der Waals surface area contributed by atoms with Crippen molar-refractivity contribution in [1.29, 1.82) is 0 Å². The summed E-state index contributed by atoms with van der Waals surface area (Å²) >= 11 is 0. The lowest BCUT2D eigenvalue weighted by Gasteiger charge is -2.30. The van der Waals surface area contributed by atoms with E-state index in [1.54, 1.807) is 7.11 Å². The molecule has 8 heteroatoms. The maximum absolute atomic E-state index is 11.3. The van der Waals surface area contributed by atoms with Gasteiger partial charge in [-0.05, 0) is 48.7 Å². The first-order chi connectivity index (χ1) is 18.0. The first kappa shape index (κ1) is 27.0. The van der Waals surface area contributed by atoms with Crippen molar-refractivity contribution in [3.05, 3.63) is 71.8 Å². The number of nitrogens with zero attached hydrogens (tertiary/aromatic N) is 3. The lowest BCUT2D eigenvalue weighted by molar-refractivity contribution is -0.0646. The number of benzene rings is 2. The summed E-state index contributed by atoms with van der Waals surface area (Å²) in [7, 11) is 1.65. The standard InChI is InChI=1S/C29H39N3O5/c1-4-28-30-11-13-32(28)12-6-15-36-27-18-24(9-10-26(27)34-3)19-31-14-16-35-21-29(33,20-31)22-37-25-8-5-7-23(2)17-25/h5,7-11,13,17-18,33H,4,6,12,14-16,19-22H2,1-3H3/t29-/m1/s1. The first-order valence-corrected chi connectivity index (χ1v) is 13.0. The Morgan fingerprint density at radius 1 is 1.14 bits per heavy atom. The van der Waals surface area contributed by atoms with E-state index < -0.39 is 5.60 Å². The van der Waals surface area contributed by atoms with Crippen LogP contribution in [0.5, 0.6) is 17.2 Å². The Hall–Kier alpha value is -3.07. The molecule has 0 unspecified atom stereocenters. The Balaban J connectivity index is 1.34. The second kappa shape index (κ2) is 12.9. The smallest absolute Gasteiger partial charge is 0.161 e. The van der Waals surface area contributed by atoms with Crippen molar-refractivity contribution in [3.63, 3.8) is 0 Å². The van der Waals surface area contributed by atoms with E-state index in [9.17, 15) is 5.11 Å². The van der Waals surface area contributed by atoms with Crippen molar-refractivity contribution < 1.29 is 24.1 Å². The summed E-state index contributed by atoms with van der Waals surface area (Å²) < 4.78 is 25.5. The third-order valence-corrected chi connectivity index (χ3v) is 6.49. The molecule has 1 atom stereocenters. The largest absolute Gasteiger partial charge is 0.493 e. The van der Waals surface area contributed by atoms with Gasteiger partial charge in [-0.2, -0.15) is 0 Å². The van der Waals surface area contributed by atoms with Crippen LogP contribution in [-0.4, -0.2) is 71.8 Å². The zero-order valence-corrected chi connectivity index (χ0v) is 22.2. The van der Waals surface area contributed by atoms with Gasteiger partial charge in [0.05, 0.1) is 26.9 Å². The van der Waals surface area contributed by atoms with E-state index in [2.05, 4.69) is 21.4 Å². The summed E-state index contributed by atoms with van der Waals surface area (Å²) in [5, 5.41) is 11.3. The topological polar surface area (TPSA) is 78.2 Å². The van der Waals surface area contributed by atoms with Crippen LogP contribution in [0.25, 0.3) is 0 Å². The fourth-order valence-electron chi connectivity index (χ4n) is 4.61. The molecule has 1 saturated heterocycles. The Labute approximate surface area is 219 Å². The number of imidazole rings is 1.